The first-order valence-electron chi connectivity index (χ1n) is 7.61. The first kappa shape index (κ1) is 22.5. The Hall–Kier alpha value is -0.510. The molecule has 6 nitrogen and oxygen atoms in total. The van der Waals surface area contributed by atoms with Crippen molar-refractivity contribution in [3.63, 3.8) is 0 Å². The smallest absolute Gasteiger partial charge is 0.317 e. The van der Waals surface area contributed by atoms with Gasteiger partial charge in [0.15, 0.2) is 0 Å². The van der Waals surface area contributed by atoms with Gasteiger partial charge in [-0.2, -0.15) is 4.31 Å². The van der Waals surface area contributed by atoms with Crippen LogP contribution in [-0.2, 0) is 14.8 Å². The van der Waals surface area contributed by atoms with Gasteiger partial charge in [-0.05, 0) is 49.8 Å². The molecule has 1 saturated heterocycles. The molecular weight excluding hydrogens is 407 g/mol. The van der Waals surface area contributed by atoms with Gasteiger partial charge in [-0.15, -0.1) is 24.2 Å². The summed E-state index contributed by atoms with van der Waals surface area (Å²) < 4.78 is 27.1. The predicted octanol–water partition coefficient (Wildman–Crippen LogP) is 2.56. The molecule has 0 radical (unpaired) electrons. The summed E-state index contributed by atoms with van der Waals surface area (Å²) >= 11 is 7.60. The molecule has 1 atom stereocenters. The van der Waals surface area contributed by atoms with Crippen LogP contribution in [0.5, 0.6) is 0 Å². The van der Waals surface area contributed by atoms with Gasteiger partial charge in [0.2, 0.25) is 10.0 Å². The fourth-order valence-electron chi connectivity index (χ4n) is 2.75. The second-order valence-electron chi connectivity index (χ2n) is 5.69. The number of thioether (sulfide) groups is 1. The number of carboxylic acids is 1. The van der Waals surface area contributed by atoms with Crippen molar-refractivity contribution in [2.45, 2.75) is 22.6 Å². The van der Waals surface area contributed by atoms with Crippen LogP contribution in [-0.4, -0.2) is 56.2 Å². The number of aliphatic carboxylic acids is 1. The van der Waals surface area contributed by atoms with E-state index < -0.39 is 16.0 Å². The van der Waals surface area contributed by atoms with E-state index in [4.69, 9.17) is 16.7 Å². The van der Waals surface area contributed by atoms with Crippen molar-refractivity contribution in [3.8, 4) is 0 Å². The summed E-state index contributed by atoms with van der Waals surface area (Å²) in [6.07, 6.45) is 3.52. The monoisotopic (exact) mass is 428 g/mol. The summed E-state index contributed by atoms with van der Waals surface area (Å²) in [5.74, 6) is -0.812. The fraction of sp³-hybridized carbons (Fsp3) is 0.533. The lowest BCUT2D eigenvalue weighted by atomic mass is 10.00. The number of nitrogens with zero attached hydrogens (tertiary/aromatic N) is 1. The number of carbonyl (C=O) groups is 1. The lowest BCUT2D eigenvalue weighted by Crippen LogP contribution is -2.43. The van der Waals surface area contributed by atoms with Gasteiger partial charge < -0.3 is 10.4 Å². The quantitative estimate of drug-likeness (QED) is 0.648. The lowest BCUT2D eigenvalue weighted by Gasteiger charge is -2.32. The minimum atomic E-state index is -3.59. The molecule has 1 aliphatic rings. The summed E-state index contributed by atoms with van der Waals surface area (Å²) in [7, 11) is -3.59. The molecule has 1 unspecified atom stereocenters. The van der Waals surface area contributed by atoms with E-state index in [1.54, 1.807) is 12.1 Å². The largest absolute Gasteiger partial charge is 0.480 e. The van der Waals surface area contributed by atoms with Gasteiger partial charge in [0, 0.05) is 18.0 Å². The number of hydrogen-bond acceptors (Lipinski definition) is 5. The molecule has 0 amide bonds. The Bertz CT molecular complexity index is 701. The van der Waals surface area contributed by atoms with Crippen molar-refractivity contribution in [2.75, 3.05) is 32.4 Å². The maximum absolute atomic E-state index is 12.8. The maximum atomic E-state index is 12.8. The zero-order valence-electron chi connectivity index (χ0n) is 13.8. The Kier molecular flexibility index (Phi) is 9.00. The molecule has 0 aromatic heterocycles. The highest BCUT2D eigenvalue weighted by Gasteiger charge is 2.30. The molecule has 0 bridgehead atoms. The van der Waals surface area contributed by atoms with Crippen LogP contribution in [0.4, 0.5) is 0 Å². The maximum Gasteiger partial charge on any atom is 0.317 e. The van der Waals surface area contributed by atoms with E-state index in [0.29, 0.717) is 24.7 Å². The molecular formula is C15H22Cl2N2O4S2. The zero-order chi connectivity index (χ0) is 17.7. The molecule has 1 fully saturated rings. The van der Waals surface area contributed by atoms with Crippen LogP contribution in [0.3, 0.4) is 0 Å². The lowest BCUT2D eigenvalue weighted by molar-refractivity contribution is -0.136. The van der Waals surface area contributed by atoms with Crippen LogP contribution in [0.15, 0.2) is 28.0 Å². The molecule has 0 aliphatic carbocycles. The van der Waals surface area contributed by atoms with Gasteiger partial charge in [0.1, 0.15) is 0 Å². The minimum absolute atomic E-state index is 0. The number of rotatable bonds is 7. The van der Waals surface area contributed by atoms with E-state index in [1.807, 2.05) is 6.26 Å². The Balaban J connectivity index is 0.00000312. The van der Waals surface area contributed by atoms with Crippen molar-refractivity contribution in [2.24, 2.45) is 5.92 Å². The Morgan fingerprint density at radius 1 is 1.48 bits per heavy atom. The molecule has 2 rings (SSSR count). The molecule has 1 heterocycles. The van der Waals surface area contributed by atoms with E-state index in [1.165, 1.54) is 22.1 Å². The van der Waals surface area contributed by atoms with E-state index in [0.717, 1.165) is 17.7 Å². The van der Waals surface area contributed by atoms with Gasteiger partial charge in [-0.25, -0.2) is 8.42 Å². The molecule has 1 aliphatic heterocycles. The Morgan fingerprint density at radius 3 is 2.80 bits per heavy atom. The van der Waals surface area contributed by atoms with Crippen molar-refractivity contribution in [1.29, 1.82) is 0 Å². The molecule has 1 aromatic carbocycles. The summed E-state index contributed by atoms with van der Waals surface area (Å²) in [4.78, 5) is 11.6. The summed E-state index contributed by atoms with van der Waals surface area (Å²) in [6.45, 7) is 1.23. The molecule has 142 valence electrons. The normalized spacial score (nSPS) is 18.6. The molecule has 0 spiro atoms. The second-order valence-corrected chi connectivity index (χ2v) is 8.89. The Morgan fingerprint density at radius 2 is 2.20 bits per heavy atom. The minimum Gasteiger partial charge on any atom is -0.480 e. The highest BCUT2D eigenvalue weighted by molar-refractivity contribution is 7.98. The summed E-state index contributed by atoms with van der Waals surface area (Å²) in [5, 5.41) is 11.9. The molecule has 1 aromatic rings. The molecule has 10 heteroatoms. The number of hydrogen-bond donors (Lipinski definition) is 2. The van der Waals surface area contributed by atoms with Crippen molar-refractivity contribution in [1.82, 2.24) is 9.62 Å². The van der Waals surface area contributed by atoms with E-state index in [2.05, 4.69) is 5.32 Å². The number of piperidine rings is 1. The zero-order valence-corrected chi connectivity index (χ0v) is 17.0. The van der Waals surface area contributed by atoms with Crippen LogP contribution in [0.25, 0.3) is 0 Å². The van der Waals surface area contributed by atoms with Gasteiger partial charge in [-0.1, -0.05) is 11.6 Å². The second kappa shape index (κ2) is 9.99. The highest BCUT2D eigenvalue weighted by atomic mass is 35.5. The van der Waals surface area contributed by atoms with E-state index in [9.17, 15) is 13.2 Å². The fourth-order valence-corrected chi connectivity index (χ4v) is 5.27. The van der Waals surface area contributed by atoms with Crippen molar-refractivity contribution < 1.29 is 18.3 Å². The highest BCUT2D eigenvalue weighted by Crippen LogP contribution is 2.30. The van der Waals surface area contributed by atoms with Gasteiger partial charge >= 0.3 is 5.97 Å². The third kappa shape index (κ3) is 6.01. The number of sulfonamides is 1. The number of nitrogens with one attached hydrogen (secondary N) is 1. The van der Waals surface area contributed by atoms with Gasteiger partial charge in [-0.3, -0.25) is 4.79 Å². The SMILES string of the molecule is CSc1ccc(S(=O)(=O)N2CCCC(CNCC(=O)O)C2)cc1Cl.Cl. The third-order valence-electron chi connectivity index (χ3n) is 3.95. The van der Waals surface area contributed by atoms with Crippen molar-refractivity contribution in [3.05, 3.63) is 23.2 Å². The first-order valence-corrected chi connectivity index (χ1v) is 10.6. The summed E-state index contributed by atoms with van der Waals surface area (Å²) in [6, 6.07) is 4.80. The average molecular weight is 429 g/mol. The van der Waals surface area contributed by atoms with Crippen LogP contribution < -0.4 is 5.32 Å². The van der Waals surface area contributed by atoms with Crippen LogP contribution in [0.2, 0.25) is 5.02 Å². The number of carboxylic acid groups (broad SMARTS) is 1. The number of benzene rings is 1. The average Bonchev–Trinajstić information content (AvgIpc) is 2.54. The van der Waals surface area contributed by atoms with Gasteiger partial charge in [0.25, 0.3) is 0 Å². The van der Waals surface area contributed by atoms with Gasteiger partial charge in [0.05, 0.1) is 16.5 Å². The van der Waals surface area contributed by atoms with Crippen LogP contribution in [0.1, 0.15) is 12.8 Å². The third-order valence-corrected chi connectivity index (χ3v) is 7.03. The summed E-state index contributed by atoms with van der Waals surface area (Å²) in [5.41, 5.74) is 0. The predicted molar refractivity (Wildman–Crippen MR) is 102 cm³/mol. The van der Waals surface area contributed by atoms with E-state index >= 15 is 0 Å². The topological polar surface area (TPSA) is 86.7 Å². The molecule has 25 heavy (non-hydrogen) atoms. The van der Waals surface area contributed by atoms with Crippen molar-refractivity contribution >= 4 is 51.8 Å². The van der Waals surface area contributed by atoms with E-state index in [-0.39, 0.29) is 29.8 Å². The molecule has 0 saturated carbocycles. The van der Waals surface area contributed by atoms with Crippen LogP contribution in [0, 0.1) is 5.92 Å². The standard InChI is InChI=1S/C15H21ClN2O4S2.ClH/c1-23-14-5-4-12(7-13(14)16)24(21,22)18-6-2-3-11(10-18)8-17-9-15(19)20;/h4-5,7,11,17H,2-3,6,8-10H2,1H3,(H,19,20);1H. The first-order chi connectivity index (χ1) is 11.3. The molecule has 2 N–H and O–H groups in total. The van der Waals surface area contributed by atoms with Crippen LogP contribution >= 0.6 is 35.8 Å². The Labute approximate surface area is 163 Å². The number of halogens is 2.